The van der Waals surface area contributed by atoms with E-state index >= 15 is 0 Å². The zero-order valence-electron chi connectivity index (χ0n) is 11.1. The minimum Gasteiger partial charge on any atom is -0.356 e. The van der Waals surface area contributed by atoms with Gasteiger partial charge in [0.2, 0.25) is 5.91 Å². The maximum Gasteiger partial charge on any atom is 0.391 e. The summed E-state index contributed by atoms with van der Waals surface area (Å²) in [5, 5.41) is 2.71. The molecule has 0 aliphatic heterocycles. The molecule has 0 aromatic heterocycles. The van der Waals surface area contributed by atoms with Gasteiger partial charge in [0.25, 0.3) is 0 Å². The molecule has 1 saturated carbocycles. The maximum absolute atomic E-state index is 12.6. The standard InChI is InChI=1S/C13H21ClF3NO/c1-2-11(14)6-7-18-12(19)9-4-3-5-10(8-9)13(15,16)17/h9-11H,2-8H2,1H3,(H,18,19). The first-order valence-corrected chi connectivity index (χ1v) is 7.26. The van der Waals surface area contributed by atoms with Crippen molar-refractivity contribution in [3.8, 4) is 0 Å². The van der Waals surface area contributed by atoms with Crippen molar-refractivity contribution in [3.63, 3.8) is 0 Å². The van der Waals surface area contributed by atoms with Gasteiger partial charge in [-0.25, -0.2) is 0 Å². The lowest BCUT2D eigenvalue weighted by atomic mass is 9.80. The van der Waals surface area contributed by atoms with E-state index < -0.39 is 18.0 Å². The monoisotopic (exact) mass is 299 g/mol. The van der Waals surface area contributed by atoms with Gasteiger partial charge in [-0.3, -0.25) is 4.79 Å². The van der Waals surface area contributed by atoms with Crippen LogP contribution in [0.4, 0.5) is 13.2 Å². The molecule has 2 nitrogen and oxygen atoms in total. The number of halogens is 4. The molecule has 0 spiro atoms. The summed E-state index contributed by atoms with van der Waals surface area (Å²) in [6.07, 6.45) is -1.62. The largest absolute Gasteiger partial charge is 0.391 e. The summed E-state index contributed by atoms with van der Waals surface area (Å²) in [6.45, 7) is 2.39. The zero-order valence-corrected chi connectivity index (χ0v) is 11.9. The first-order valence-electron chi connectivity index (χ1n) is 6.83. The molecule has 0 heterocycles. The van der Waals surface area contributed by atoms with Gasteiger partial charge in [-0.2, -0.15) is 13.2 Å². The second-order valence-corrected chi connectivity index (χ2v) is 5.80. The summed E-state index contributed by atoms with van der Waals surface area (Å²) in [5.74, 6) is -2.09. The van der Waals surface area contributed by atoms with Crippen molar-refractivity contribution >= 4 is 17.5 Å². The third-order valence-electron chi connectivity index (χ3n) is 3.71. The van der Waals surface area contributed by atoms with Crippen LogP contribution >= 0.6 is 11.6 Å². The van der Waals surface area contributed by atoms with E-state index in [-0.39, 0.29) is 24.1 Å². The number of carbonyl (C=O) groups is 1. The van der Waals surface area contributed by atoms with Crippen LogP contribution in [0.25, 0.3) is 0 Å². The van der Waals surface area contributed by atoms with Crippen LogP contribution in [-0.4, -0.2) is 24.0 Å². The number of nitrogens with one attached hydrogen (secondary N) is 1. The molecule has 0 bridgehead atoms. The molecule has 1 aliphatic rings. The lowest BCUT2D eigenvalue weighted by Crippen LogP contribution is -2.38. The normalized spacial score (nSPS) is 25.9. The Bertz CT molecular complexity index is 296. The molecule has 6 heteroatoms. The molecular formula is C13H21ClF3NO. The number of rotatable bonds is 5. The van der Waals surface area contributed by atoms with Crippen LogP contribution in [-0.2, 0) is 4.79 Å². The van der Waals surface area contributed by atoms with Crippen molar-refractivity contribution in [2.24, 2.45) is 11.8 Å². The Morgan fingerprint density at radius 2 is 2.11 bits per heavy atom. The number of alkyl halides is 4. The topological polar surface area (TPSA) is 29.1 Å². The highest BCUT2D eigenvalue weighted by Crippen LogP contribution is 2.39. The minimum atomic E-state index is -4.18. The molecule has 3 atom stereocenters. The lowest BCUT2D eigenvalue weighted by molar-refractivity contribution is -0.186. The molecule has 0 aromatic carbocycles. The van der Waals surface area contributed by atoms with Gasteiger partial charge in [0.15, 0.2) is 0 Å². The second kappa shape index (κ2) is 7.36. The fourth-order valence-corrected chi connectivity index (χ4v) is 2.53. The van der Waals surface area contributed by atoms with Gasteiger partial charge in [0, 0.05) is 17.8 Å². The van der Waals surface area contributed by atoms with Crippen LogP contribution in [0.1, 0.15) is 45.4 Å². The van der Waals surface area contributed by atoms with Gasteiger partial charge in [-0.1, -0.05) is 13.3 Å². The van der Waals surface area contributed by atoms with E-state index in [0.29, 0.717) is 25.8 Å². The Morgan fingerprint density at radius 1 is 1.42 bits per heavy atom. The highest BCUT2D eigenvalue weighted by atomic mass is 35.5. The first-order chi connectivity index (χ1) is 8.84. The number of carbonyl (C=O) groups excluding carboxylic acids is 1. The maximum atomic E-state index is 12.6. The smallest absolute Gasteiger partial charge is 0.356 e. The minimum absolute atomic E-state index is 0.00887. The van der Waals surface area contributed by atoms with Crippen molar-refractivity contribution < 1.29 is 18.0 Å². The van der Waals surface area contributed by atoms with Gasteiger partial charge >= 0.3 is 6.18 Å². The Kier molecular flexibility index (Phi) is 6.43. The quantitative estimate of drug-likeness (QED) is 0.767. The lowest BCUT2D eigenvalue weighted by Gasteiger charge is -2.29. The predicted octanol–water partition coefficient (Wildman–Crippen LogP) is 3.88. The average Bonchev–Trinajstić information content (AvgIpc) is 2.37. The first kappa shape index (κ1) is 16.6. The van der Waals surface area contributed by atoms with Crippen LogP contribution in [0.2, 0.25) is 0 Å². The van der Waals surface area contributed by atoms with E-state index in [4.69, 9.17) is 11.6 Å². The van der Waals surface area contributed by atoms with E-state index in [1.165, 1.54) is 0 Å². The van der Waals surface area contributed by atoms with Crippen LogP contribution in [0.5, 0.6) is 0 Å². The van der Waals surface area contributed by atoms with E-state index in [9.17, 15) is 18.0 Å². The summed E-state index contributed by atoms with van der Waals surface area (Å²) < 4.78 is 37.9. The molecular weight excluding hydrogens is 279 g/mol. The van der Waals surface area contributed by atoms with Crippen LogP contribution < -0.4 is 5.32 Å². The van der Waals surface area contributed by atoms with Crippen molar-refractivity contribution in [2.45, 2.75) is 57.0 Å². The number of amides is 1. The van der Waals surface area contributed by atoms with E-state index in [1.54, 1.807) is 0 Å². The fraction of sp³-hybridized carbons (Fsp3) is 0.923. The highest BCUT2D eigenvalue weighted by molar-refractivity contribution is 6.20. The molecule has 1 aliphatic carbocycles. The Labute approximate surface area is 117 Å². The predicted molar refractivity (Wildman–Crippen MR) is 69.1 cm³/mol. The molecule has 112 valence electrons. The van der Waals surface area contributed by atoms with Crippen LogP contribution in [0.15, 0.2) is 0 Å². The summed E-state index contributed by atoms with van der Waals surface area (Å²) >= 11 is 5.92. The fourth-order valence-electron chi connectivity index (χ4n) is 2.43. The summed E-state index contributed by atoms with van der Waals surface area (Å²) in [4.78, 5) is 11.8. The third-order valence-corrected chi connectivity index (χ3v) is 4.23. The molecule has 1 N–H and O–H groups in total. The van der Waals surface area contributed by atoms with Crippen molar-refractivity contribution in [1.29, 1.82) is 0 Å². The number of hydrogen-bond donors (Lipinski definition) is 1. The average molecular weight is 300 g/mol. The second-order valence-electron chi connectivity index (χ2n) is 5.19. The SMILES string of the molecule is CCC(Cl)CCNC(=O)C1CCCC(C(F)(F)F)C1. The molecule has 1 amide bonds. The molecule has 1 fully saturated rings. The molecule has 3 unspecified atom stereocenters. The van der Waals surface area contributed by atoms with Gasteiger partial charge in [-0.15, -0.1) is 11.6 Å². The van der Waals surface area contributed by atoms with Crippen molar-refractivity contribution in [1.82, 2.24) is 5.32 Å². The summed E-state index contributed by atoms with van der Waals surface area (Å²) in [6, 6.07) is 0. The van der Waals surface area contributed by atoms with Crippen molar-refractivity contribution in [2.75, 3.05) is 6.54 Å². The number of hydrogen-bond acceptors (Lipinski definition) is 1. The van der Waals surface area contributed by atoms with Crippen molar-refractivity contribution in [3.05, 3.63) is 0 Å². The Morgan fingerprint density at radius 3 is 2.68 bits per heavy atom. The van der Waals surface area contributed by atoms with Gasteiger partial charge < -0.3 is 5.32 Å². The molecule has 19 heavy (non-hydrogen) atoms. The third kappa shape index (κ3) is 5.59. The molecule has 0 aromatic rings. The Balaban J connectivity index is 2.36. The van der Waals surface area contributed by atoms with E-state index in [1.807, 2.05) is 6.92 Å². The van der Waals surface area contributed by atoms with E-state index in [2.05, 4.69) is 5.32 Å². The van der Waals surface area contributed by atoms with Gasteiger partial charge in [-0.05, 0) is 32.1 Å². The van der Waals surface area contributed by atoms with E-state index in [0.717, 1.165) is 6.42 Å². The molecule has 0 saturated heterocycles. The van der Waals surface area contributed by atoms with Crippen LogP contribution in [0.3, 0.4) is 0 Å². The zero-order chi connectivity index (χ0) is 14.5. The Hall–Kier alpha value is -0.450. The molecule has 0 radical (unpaired) electrons. The molecule has 1 rings (SSSR count). The van der Waals surface area contributed by atoms with Crippen LogP contribution in [0, 0.1) is 11.8 Å². The summed E-state index contributed by atoms with van der Waals surface area (Å²) in [5.41, 5.74) is 0. The highest BCUT2D eigenvalue weighted by Gasteiger charge is 2.43. The van der Waals surface area contributed by atoms with Gasteiger partial charge in [0.1, 0.15) is 0 Å². The van der Waals surface area contributed by atoms with Gasteiger partial charge in [0.05, 0.1) is 5.92 Å². The summed E-state index contributed by atoms with van der Waals surface area (Å²) in [7, 11) is 0.